The summed E-state index contributed by atoms with van der Waals surface area (Å²) >= 11 is 0. The average Bonchev–Trinajstić information content (AvgIpc) is 1.56. The number of anilines is 2. The van der Waals surface area contributed by atoms with Crippen LogP contribution in [0.1, 0.15) is 63.7 Å². The van der Waals surface area contributed by atoms with Gasteiger partial charge in [-0.1, -0.05) is 164 Å². The number of fused-ring (bicyclic) bond motifs is 8. The number of para-hydroxylation sites is 2. The van der Waals surface area contributed by atoms with E-state index in [1.54, 1.807) is 84.9 Å². The molecule has 16 rings (SSSR count). The second-order valence-electron chi connectivity index (χ2n) is 22.5. The Balaban J connectivity index is 0.924. The first kappa shape index (κ1) is 53.9. The third-order valence-electron chi connectivity index (χ3n) is 17.8. The van der Waals surface area contributed by atoms with Crippen LogP contribution >= 0.6 is 0 Å². The lowest BCUT2D eigenvalue weighted by Gasteiger charge is -2.16. The molecule has 0 unspecified atom stereocenters. The topological polar surface area (TPSA) is 180 Å². The summed E-state index contributed by atoms with van der Waals surface area (Å²) in [6.45, 7) is 0. The van der Waals surface area contributed by atoms with Crippen molar-refractivity contribution in [2.45, 2.75) is 0 Å². The number of nitriles is 4. The van der Waals surface area contributed by atoms with E-state index in [0.717, 1.165) is 32.8 Å². The molecular weight excluding hydrogens is 1140 g/mol. The van der Waals surface area contributed by atoms with Crippen LogP contribution in [-0.2, 0) is 0 Å². The maximum atomic E-state index is 15.7. The molecule has 426 valence electrons. The van der Waals surface area contributed by atoms with Gasteiger partial charge in [0.25, 0.3) is 23.6 Å². The van der Waals surface area contributed by atoms with Crippen molar-refractivity contribution in [3.8, 4) is 91.3 Å². The molecule has 14 aromatic rings. The summed E-state index contributed by atoms with van der Waals surface area (Å²) in [5.74, 6) is -2.05. The minimum absolute atomic E-state index is 0.125. The van der Waals surface area contributed by atoms with E-state index in [2.05, 4.69) is 24.3 Å². The van der Waals surface area contributed by atoms with Gasteiger partial charge in [0.05, 0.1) is 114 Å². The molecule has 2 aliphatic rings. The molecule has 12 nitrogen and oxygen atoms in total. The molecule has 0 atom stereocenters. The molecule has 2 aliphatic heterocycles. The first-order valence-electron chi connectivity index (χ1n) is 29.6. The maximum Gasteiger partial charge on any atom is 0.268 e. The molecule has 0 N–H and O–H groups in total. The molecule has 2 aromatic heterocycles. The number of amides is 4. The van der Waals surface area contributed by atoms with Crippen LogP contribution in [0.3, 0.4) is 0 Å². The lowest BCUT2D eigenvalue weighted by atomic mass is 9.89. The van der Waals surface area contributed by atoms with Crippen molar-refractivity contribution in [1.82, 2.24) is 9.13 Å². The Bertz CT molecular complexity index is 5700. The monoisotopic (exact) mass is 1180 g/mol. The second-order valence-corrected chi connectivity index (χ2v) is 22.5. The van der Waals surface area contributed by atoms with Crippen molar-refractivity contribution in [2.24, 2.45) is 0 Å². The van der Waals surface area contributed by atoms with E-state index in [0.29, 0.717) is 106 Å². The number of nitrogens with zero attached hydrogens (tertiary/aromatic N) is 8. The zero-order valence-electron chi connectivity index (χ0n) is 48.5. The van der Waals surface area contributed by atoms with E-state index >= 15 is 9.59 Å². The quantitative estimate of drug-likeness (QED) is 0.128. The Labute approximate surface area is 525 Å². The smallest absolute Gasteiger partial charge is 0.268 e. The van der Waals surface area contributed by atoms with Crippen molar-refractivity contribution in [1.29, 1.82) is 21.0 Å². The third kappa shape index (κ3) is 7.99. The van der Waals surface area contributed by atoms with Crippen molar-refractivity contribution in [3.05, 3.63) is 299 Å². The minimum Gasteiger partial charge on any atom is -0.308 e. The highest BCUT2D eigenvalue weighted by Crippen LogP contribution is 2.48. The summed E-state index contributed by atoms with van der Waals surface area (Å²) in [4.78, 5) is 62.7. The fraction of sp³-hybridized carbons (Fsp3) is 0. The fourth-order valence-corrected chi connectivity index (χ4v) is 13.8. The highest BCUT2D eigenvalue weighted by atomic mass is 16.2. The van der Waals surface area contributed by atoms with Crippen LogP contribution in [0, 0.1) is 45.3 Å². The van der Waals surface area contributed by atoms with Gasteiger partial charge in [0.1, 0.15) is 0 Å². The molecule has 0 radical (unpaired) electrons. The van der Waals surface area contributed by atoms with Gasteiger partial charge in [-0.25, -0.2) is 9.80 Å². The van der Waals surface area contributed by atoms with E-state index in [-0.39, 0.29) is 27.8 Å². The van der Waals surface area contributed by atoms with Crippen LogP contribution in [-0.4, -0.2) is 32.8 Å². The standard InChI is InChI=1S/C80H42N8O4/c81-43-50-16-7-10-23-56(50)48-33-36-61-62-37-34-49(57-24-11-8-17-51(57)44-82)42-71(62)88(70(61)41-48)69-39-38-60(75-76(69)80(92)86(79(75)91)55-21-5-2-6-22-55)47-32-35-59(53(40-47)46-84)64-27-14-30-67-73(64)72-63(58-25-12-9-18-52(58)45-83)26-13-29-66(72)87(67)68-31-15-28-65-74(68)78(90)85(77(65)89)54-19-3-1-4-20-54/h1-42H. The maximum absolute atomic E-state index is 15.7. The van der Waals surface area contributed by atoms with E-state index in [4.69, 9.17) is 0 Å². The zero-order chi connectivity index (χ0) is 62.5. The van der Waals surface area contributed by atoms with Crippen molar-refractivity contribution in [2.75, 3.05) is 9.80 Å². The van der Waals surface area contributed by atoms with Gasteiger partial charge in [-0.15, -0.1) is 0 Å². The molecule has 0 spiro atoms. The largest absolute Gasteiger partial charge is 0.308 e. The van der Waals surface area contributed by atoms with Gasteiger partial charge in [0.2, 0.25) is 0 Å². The molecule has 92 heavy (non-hydrogen) atoms. The first-order valence-corrected chi connectivity index (χ1v) is 29.6. The van der Waals surface area contributed by atoms with E-state index in [9.17, 15) is 30.6 Å². The lowest BCUT2D eigenvalue weighted by molar-refractivity contribution is 0.0910. The highest BCUT2D eigenvalue weighted by molar-refractivity contribution is 6.38. The minimum atomic E-state index is -0.564. The number of carbonyl (C=O) groups excluding carboxylic acids is 4. The predicted octanol–water partition coefficient (Wildman–Crippen LogP) is 17.3. The van der Waals surface area contributed by atoms with Crippen molar-refractivity contribution in [3.63, 3.8) is 0 Å². The van der Waals surface area contributed by atoms with Gasteiger partial charge in [-0.3, -0.25) is 19.2 Å². The summed E-state index contributed by atoms with van der Waals surface area (Å²) in [5.41, 5.74) is 13.2. The summed E-state index contributed by atoms with van der Waals surface area (Å²) in [5, 5.41) is 45.7. The number of carbonyl (C=O) groups is 4. The third-order valence-corrected chi connectivity index (χ3v) is 17.8. The van der Waals surface area contributed by atoms with Crippen molar-refractivity contribution < 1.29 is 19.2 Å². The lowest BCUT2D eigenvalue weighted by Crippen LogP contribution is -2.29. The van der Waals surface area contributed by atoms with E-state index in [1.807, 2.05) is 179 Å². The van der Waals surface area contributed by atoms with Crippen LogP contribution in [0.15, 0.2) is 255 Å². The van der Waals surface area contributed by atoms with Crippen LogP contribution in [0.4, 0.5) is 11.4 Å². The molecule has 12 aromatic carbocycles. The van der Waals surface area contributed by atoms with Crippen LogP contribution < -0.4 is 9.80 Å². The molecular formula is C80H42N8O4. The Hall–Kier alpha value is -13.5. The van der Waals surface area contributed by atoms with Gasteiger partial charge >= 0.3 is 0 Å². The Kier molecular flexibility index (Phi) is 12.4. The normalized spacial score (nSPS) is 12.6. The summed E-state index contributed by atoms with van der Waals surface area (Å²) in [7, 11) is 0. The second kappa shape index (κ2) is 21.1. The fourth-order valence-electron chi connectivity index (χ4n) is 13.8. The van der Waals surface area contributed by atoms with Crippen LogP contribution in [0.5, 0.6) is 0 Å². The Morgan fingerprint density at radius 2 is 0.652 bits per heavy atom. The summed E-state index contributed by atoms with van der Waals surface area (Å²) in [6, 6.07) is 87.1. The van der Waals surface area contributed by atoms with Gasteiger partial charge in [-0.2, -0.15) is 21.0 Å². The van der Waals surface area contributed by atoms with Gasteiger partial charge in [0, 0.05) is 32.7 Å². The van der Waals surface area contributed by atoms with Crippen LogP contribution in [0.25, 0.3) is 111 Å². The molecule has 4 heterocycles. The molecule has 4 amide bonds. The molecule has 0 saturated carbocycles. The van der Waals surface area contributed by atoms with Gasteiger partial charge < -0.3 is 9.13 Å². The number of aromatic nitrogens is 2. The Morgan fingerprint density at radius 1 is 0.261 bits per heavy atom. The first-order chi connectivity index (χ1) is 45.2. The number of hydrogen-bond acceptors (Lipinski definition) is 8. The number of imide groups is 2. The SMILES string of the molecule is N#Cc1ccccc1-c1ccc2c3ccc(-c4ccccc4C#N)cc3n(-c3ccc(-c4ccc(-c5cccc6c5c5c(-c7ccccc7C#N)cccc5n6-c5cccc6c5C(=O)N(c5ccccc5)C6=O)c(C#N)c4)c4c3C(=O)N(c3ccccc3)C4=O)c2c1. The zero-order valence-corrected chi connectivity index (χ0v) is 48.5. The number of benzene rings is 12. The summed E-state index contributed by atoms with van der Waals surface area (Å²) in [6.07, 6.45) is 0. The average molecular weight is 1180 g/mol. The number of rotatable bonds is 9. The van der Waals surface area contributed by atoms with Crippen molar-refractivity contribution >= 4 is 78.6 Å². The predicted molar refractivity (Wildman–Crippen MR) is 356 cm³/mol. The number of hydrogen-bond donors (Lipinski definition) is 0. The molecule has 0 aliphatic carbocycles. The van der Waals surface area contributed by atoms with Gasteiger partial charge in [0.15, 0.2) is 0 Å². The van der Waals surface area contributed by atoms with Crippen LogP contribution in [0.2, 0.25) is 0 Å². The van der Waals surface area contributed by atoms with E-state index in [1.165, 1.54) is 9.80 Å². The molecule has 12 heteroatoms. The molecule has 0 bridgehead atoms. The molecule has 0 saturated heterocycles. The summed E-state index contributed by atoms with van der Waals surface area (Å²) < 4.78 is 3.97. The Morgan fingerprint density at radius 3 is 1.21 bits per heavy atom. The molecule has 0 fully saturated rings. The highest BCUT2D eigenvalue weighted by Gasteiger charge is 2.43. The van der Waals surface area contributed by atoms with E-state index < -0.39 is 23.6 Å². The van der Waals surface area contributed by atoms with Gasteiger partial charge in [-0.05, 0) is 136 Å².